The molecule has 0 aliphatic heterocycles. The topological polar surface area (TPSA) is 69.6 Å². The second kappa shape index (κ2) is 6.06. The number of hydrogen-bond donors (Lipinski definition) is 3. The average Bonchev–Trinajstić information content (AvgIpc) is 2.37. The highest BCUT2D eigenvalue weighted by Gasteiger charge is 2.20. The molecule has 2 rings (SSSR count). The Morgan fingerprint density at radius 1 is 1.32 bits per heavy atom. The van der Waals surface area contributed by atoms with Crippen molar-refractivity contribution in [1.82, 2.24) is 5.32 Å². The highest BCUT2D eigenvalue weighted by Crippen LogP contribution is 2.20. The first-order valence-electron chi connectivity index (χ1n) is 6.80. The largest absolute Gasteiger partial charge is 0.508 e. The van der Waals surface area contributed by atoms with Gasteiger partial charge in [0.2, 0.25) is 5.91 Å². The van der Waals surface area contributed by atoms with Crippen LogP contribution in [0.25, 0.3) is 0 Å². The van der Waals surface area contributed by atoms with E-state index in [0.717, 1.165) is 36.8 Å². The Kier molecular flexibility index (Phi) is 4.43. The fraction of sp³-hybridized carbons (Fsp3) is 0.533. The van der Waals surface area contributed by atoms with Crippen molar-refractivity contribution in [2.24, 2.45) is 0 Å². The van der Waals surface area contributed by atoms with E-state index in [9.17, 15) is 15.0 Å². The first-order chi connectivity index (χ1) is 9.04. The van der Waals surface area contributed by atoms with Gasteiger partial charge in [0.1, 0.15) is 5.75 Å². The van der Waals surface area contributed by atoms with Crippen LogP contribution in [-0.4, -0.2) is 28.3 Å². The van der Waals surface area contributed by atoms with Crippen LogP contribution in [0.15, 0.2) is 18.2 Å². The Hall–Kier alpha value is -1.55. The number of rotatable bonds is 3. The first kappa shape index (κ1) is 13.9. The molecule has 4 nitrogen and oxygen atoms in total. The standard InChI is InChI=1S/C15H21NO3/c1-10-2-3-11(8-14(10)18)9-15(19)16-12-4-6-13(17)7-5-12/h2-3,8,12-13,17-18H,4-7,9H2,1H3,(H,16,19). The summed E-state index contributed by atoms with van der Waals surface area (Å²) >= 11 is 0. The van der Waals surface area contributed by atoms with E-state index < -0.39 is 0 Å². The summed E-state index contributed by atoms with van der Waals surface area (Å²) in [4.78, 5) is 11.9. The fourth-order valence-electron chi connectivity index (χ4n) is 2.45. The molecule has 19 heavy (non-hydrogen) atoms. The summed E-state index contributed by atoms with van der Waals surface area (Å²) in [6, 6.07) is 5.49. The van der Waals surface area contributed by atoms with Gasteiger partial charge in [-0.3, -0.25) is 4.79 Å². The third kappa shape index (κ3) is 3.96. The number of aliphatic hydroxyl groups is 1. The minimum absolute atomic E-state index is 0.0235. The quantitative estimate of drug-likeness (QED) is 0.777. The molecular weight excluding hydrogens is 242 g/mol. The number of nitrogens with one attached hydrogen (secondary N) is 1. The summed E-state index contributed by atoms with van der Waals surface area (Å²) in [7, 11) is 0. The summed E-state index contributed by atoms with van der Waals surface area (Å²) in [5.41, 5.74) is 1.63. The van der Waals surface area contributed by atoms with E-state index in [1.165, 1.54) is 0 Å². The fourth-order valence-corrected chi connectivity index (χ4v) is 2.45. The van der Waals surface area contributed by atoms with Crippen molar-refractivity contribution in [3.8, 4) is 5.75 Å². The molecule has 104 valence electrons. The van der Waals surface area contributed by atoms with Gasteiger partial charge < -0.3 is 15.5 Å². The first-order valence-corrected chi connectivity index (χ1v) is 6.80. The molecule has 3 N–H and O–H groups in total. The van der Waals surface area contributed by atoms with E-state index in [1.54, 1.807) is 6.07 Å². The molecule has 0 radical (unpaired) electrons. The van der Waals surface area contributed by atoms with Crippen LogP contribution in [0.2, 0.25) is 0 Å². The lowest BCUT2D eigenvalue weighted by molar-refractivity contribution is -0.121. The van der Waals surface area contributed by atoms with Crippen molar-refractivity contribution in [2.75, 3.05) is 0 Å². The van der Waals surface area contributed by atoms with Gasteiger partial charge in [-0.25, -0.2) is 0 Å². The molecule has 1 fully saturated rings. The summed E-state index contributed by atoms with van der Waals surface area (Å²) in [6.45, 7) is 1.83. The Bertz CT molecular complexity index is 451. The number of phenols is 1. The molecule has 0 atom stereocenters. The average molecular weight is 263 g/mol. The third-order valence-corrected chi connectivity index (χ3v) is 3.70. The summed E-state index contributed by atoms with van der Waals surface area (Å²) in [5, 5.41) is 22.0. The number of phenolic OH excluding ortho intramolecular Hbond substituents is 1. The van der Waals surface area contributed by atoms with Crippen molar-refractivity contribution in [2.45, 2.75) is 51.2 Å². The Labute approximate surface area is 113 Å². The maximum absolute atomic E-state index is 11.9. The second-order valence-corrected chi connectivity index (χ2v) is 5.37. The SMILES string of the molecule is Cc1ccc(CC(=O)NC2CCC(O)CC2)cc1O. The van der Waals surface area contributed by atoms with Gasteiger partial charge in [0.15, 0.2) is 0 Å². The molecule has 1 aliphatic carbocycles. The Morgan fingerprint density at radius 3 is 2.63 bits per heavy atom. The number of carbonyl (C=O) groups excluding carboxylic acids is 1. The minimum Gasteiger partial charge on any atom is -0.508 e. The maximum atomic E-state index is 11.9. The van der Waals surface area contributed by atoms with Gasteiger partial charge in [-0.15, -0.1) is 0 Å². The van der Waals surface area contributed by atoms with Crippen LogP contribution in [-0.2, 0) is 11.2 Å². The molecule has 0 bridgehead atoms. The monoisotopic (exact) mass is 263 g/mol. The zero-order valence-electron chi connectivity index (χ0n) is 11.2. The van der Waals surface area contributed by atoms with Crippen molar-refractivity contribution < 1.29 is 15.0 Å². The van der Waals surface area contributed by atoms with E-state index >= 15 is 0 Å². The van der Waals surface area contributed by atoms with Crippen molar-refractivity contribution >= 4 is 5.91 Å². The van der Waals surface area contributed by atoms with E-state index in [1.807, 2.05) is 19.1 Å². The normalized spacial score (nSPS) is 23.1. The van der Waals surface area contributed by atoms with Gasteiger partial charge in [0, 0.05) is 6.04 Å². The lowest BCUT2D eigenvalue weighted by Crippen LogP contribution is -2.39. The highest BCUT2D eigenvalue weighted by atomic mass is 16.3. The molecule has 1 saturated carbocycles. The lowest BCUT2D eigenvalue weighted by atomic mass is 9.93. The maximum Gasteiger partial charge on any atom is 0.224 e. The number of amides is 1. The number of aliphatic hydroxyl groups excluding tert-OH is 1. The number of aromatic hydroxyl groups is 1. The van der Waals surface area contributed by atoms with Crippen molar-refractivity contribution in [3.63, 3.8) is 0 Å². The van der Waals surface area contributed by atoms with Crippen LogP contribution in [0.3, 0.4) is 0 Å². The zero-order chi connectivity index (χ0) is 13.8. The molecule has 0 aromatic heterocycles. The van der Waals surface area contributed by atoms with E-state index in [-0.39, 0.29) is 30.2 Å². The number of carbonyl (C=O) groups is 1. The number of benzene rings is 1. The van der Waals surface area contributed by atoms with Gasteiger partial charge in [-0.05, 0) is 49.8 Å². The van der Waals surface area contributed by atoms with Crippen molar-refractivity contribution in [1.29, 1.82) is 0 Å². The van der Waals surface area contributed by atoms with Gasteiger partial charge in [0.05, 0.1) is 12.5 Å². The van der Waals surface area contributed by atoms with Crippen LogP contribution in [0.1, 0.15) is 36.8 Å². The zero-order valence-corrected chi connectivity index (χ0v) is 11.2. The van der Waals surface area contributed by atoms with Crippen LogP contribution in [0, 0.1) is 6.92 Å². The molecule has 0 spiro atoms. The molecule has 0 saturated heterocycles. The van der Waals surface area contributed by atoms with E-state index in [2.05, 4.69) is 5.32 Å². The number of aryl methyl sites for hydroxylation is 1. The Morgan fingerprint density at radius 2 is 2.00 bits per heavy atom. The van der Waals surface area contributed by atoms with Crippen LogP contribution < -0.4 is 5.32 Å². The Balaban J connectivity index is 1.85. The molecule has 0 unspecified atom stereocenters. The summed E-state index contributed by atoms with van der Waals surface area (Å²) < 4.78 is 0. The van der Waals surface area contributed by atoms with Gasteiger partial charge in [-0.1, -0.05) is 12.1 Å². The second-order valence-electron chi connectivity index (χ2n) is 5.37. The molecule has 1 aliphatic rings. The third-order valence-electron chi connectivity index (χ3n) is 3.70. The molecule has 4 heteroatoms. The van der Waals surface area contributed by atoms with Gasteiger partial charge in [0.25, 0.3) is 0 Å². The smallest absolute Gasteiger partial charge is 0.224 e. The molecule has 1 aromatic carbocycles. The summed E-state index contributed by atoms with van der Waals surface area (Å²) in [5.74, 6) is 0.204. The van der Waals surface area contributed by atoms with Crippen molar-refractivity contribution in [3.05, 3.63) is 29.3 Å². The predicted octanol–water partition coefficient (Wildman–Crippen LogP) is 1.66. The predicted molar refractivity (Wildman–Crippen MR) is 73.0 cm³/mol. The van der Waals surface area contributed by atoms with E-state index in [0.29, 0.717) is 0 Å². The van der Waals surface area contributed by atoms with Gasteiger partial charge >= 0.3 is 0 Å². The van der Waals surface area contributed by atoms with E-state index in [4.69, 9.17) is 0 Å². The van der Waals surface area contributed by atoms with Crippen LogP contribution in [0.4, 0.5) is 0 Å². The molecular formula is C15H21NO3. The lowest BCUT2D eigenvalue weighted by Gasteiger charge is -2.26. The molecule has 0 heterocycles. The summed E-state index contributed by atoms with van der Waals surface area (Å²) in [6.07, 6.45) is 3.28. The van der Waals surface area contributed by atoms with Crippen LogP contribution >= 0.6 is 0 Å². The number of hydrogen-bond acceptors (Lipinski definition) is 3. The highest BCUT2D eigenvalue weighted by molar-refractivity contribution is 5.79. The van der Waals surface area contributed by atoms with Gasteiger partial charge in [-0.2, -0.15) is 0 Å². The van der Waals surface area contributed by atoms with Crippen LogP contribution in [0.5, 0.6) is 5.75 Å². The molecule has 1 aromatic rings. The minimum atomic E-state index is -0.206. The molecule has 1 amide bonds.